The molecule has 8 heteroatoms. The van der Waals surface area contributed by atoms with Gasteiger partial charge in [0.05, 0.1) is 18.2 Å². The van der Waals surface area contributed by atoms with Gasteiger partial charge < -0.3 is 15.8 Å². The highest BCUT2D eigenvalue weighted by Gasteiger charge is 2.33. The Labute approximate surface area is 195 Å². The van der Waals surface area contributed by atoms with Gasteiger partial charge in [-0.2, -0.15) is 0 Å². The molecule has 0 saturated carbocycles. The Hall–Kier alpha value is -3.65. The van der Waals surface area contributed by atoms with E-state index in [0.717, 1.165) is 39.6 Å². The molecule has 0 radical (unpaired) electrons. The van der Waals surface area contributed by atoms with Gasteiger partial charge in [0.15, 0.2) is 0 Å². The molecule has 34 heavy (non-hydrogen) atoms. The molecule has 0 spiro atoms. The van der Waals surface area contributed by atoms with Crippen LogP contribution in [-0.2, 0) is 6.54 Å². The van der Waals surface area contributed by atoms with Crippen LogP contribution in [0.3, 0.4) is 0 Å². The molecule has 1 heterocycles. The fourth-order valence-corrected chi connectivity index (χ4v) is 4.02. The smallest absolute Gasteiger partial charge is 0.405 e. The van der Waals surface area contributed by atoms with Crippen LogP contribution >= 0.6 is 0 Å². The van der Waals surface area contributed by atoms with E-state index >= 15 is 0 Å². The average molecular weight is 467 g/mol. The Morgan fingerprint density at radius 1 is 1.09 bits per heavy atom. The van der Waals surface area contributed by atoms with Crippen LogP contribution in [0.5, 0.6) is 5.75 Å². The predicted octanol–water partition coefficient (Wildman–Crippen LogP) is 5.31. The van der Waals surface area contributed by atoms with Crippen molar-refractivity contribution >= 4 is 11.6 Å². The first-order valence-corrected chi connectivity index (χ1v) is 10.8. The third-order valence-corrected chi connectivity index (χ3v) is 5.75. The minimum absolute atomic E-state index is 0.0772. The van der Waals surface area contributed by atoms with E-state index in [1.165, 1.54) is 12.1 Å². The third-order valence-electron chi connectivity index (χ3n) is 5.75. The summed E-state index contributed by atoms with van der Waals surface area (Å²) in [5.74, 6) is -1.29. The molecule has 1 atom stereocenters. The Kier molecular flexibility index (Phi) is 6.43. The van der Waals surface area contributed by atoms with Gasteiger partial charge in [0.1, 0.15) is 5.75 Å². The van der Waals surface area contributed by atoms with Gasteiger partial charge in [-0.05, 0) is 54.3 Å². The average Bonchev–Trinajstić information content (AvgIpc) is 3.16. The first-order valence-electron chi connectivity index (χ1n) is 10.8. The van der Waals surface area contributed by atoms with Crippen LogP contribution in [0.25, 0.3) is 11.1 Å². The predicted molar refractivity (Wildman–Crippen MR) is 125 cm³/mol. The Bertz CT molecular complexity index is 1270. The molecule has 0 fully saturated rings. The number of carbonyl (C=O) groups excluding carboxylic acids is 1. The maximum absolute atomic E-state index is 13.2. The lowest BCUT2D eigenvalue weighted by Gasteiger charge is -2.20. The third kappa shape index (κ3) is 5.12. The zero-order valence-electron chi connectivity index (χ0n) is 18.7. The largest absolute Gasteiger partial charge is 0.573 e. The summed E-state index contributed by atoms with van der Waals surface area (Å²) in [6, 6.07) is 16.6. The molecule has 5 nitrogen and oxygen atoms in total. The molecular formula is C26H24F3N3O2. The highest BCUT2D eigenvalue weighted by Crippen LogP contribution is 2.33. The summed E-state index contributed by atoms with van der Waals surface area (Å²) in [6.45, 7) is 4.49. The SMILES string of the molecule is CC1=NCc2ccc(-c3ccc(OC(F)(F)F)c(C(=O)NC(CN)c4cccc(C)c4)c3)cc21. The maximum atomic E-state index is 13.2. The number of carbonyl (C=O) groups is 1. The van der Waals surface area contributed by atoms with Crippen LogP contribution in [0.2, 0.25) is 0 Å². The fourth-order valence-electron chi connectivity index (χ4n) is 4.02. The summed E-state index contributed by atoms with van der Waals surface area (Å²) in [6.07, 6.45) is -4.94. The Morgan fingerprint density at radius 2 is 1.82 bits per heavy atom. The quantitative estimate of drug-likeness (QED) is 0.516. The van der Waals surface area contributed by atoms with Crippen molar-refractivity contribution < 1.29 is 22.7 Å². The van der Waals surface area contributed by atoms with Crippen LogP contribution in [0.1, 0.15) is 45.6 Å². The van der Waals surface area contributed by atoms with Gasteiger partial charge in [-0.3, -0.25) is 9.79 Å². The molecule has 1 amide bonds. The normalized spacial score (nSPS) is 13.8. The number of hydrogen-bond acceptors (Lipinski definition) is 4. The first-order chi connectivity index (χ1) is 16.1. The van der Waals surface area contributed by atoms with Gasteiger partial charge in [-0.15, -0.1) is 13.2 Å². The number of fused-ring (bicyclic) bond motifs is 1. The minimum atomic E-state index is -4.94. The van der Waals surface area contributed by atoms with Gasteiger partial charge in [0, 0.05) is 17.8 Å². The number of aliphatic imine (C=N–C) groups is 1. The second-order valence-corrected chi connectivity index (χ2v) is 8.21. The van der Waals surface area contributed by atoms with Crippen molar-refractivity contribution in [2.24, 2.45) is 10.7 Å². The molecule has 1 aliphatic heterocycles. The van der Waals surface area contributed by atoms with Crippen LogP contribution in [0.4, 0.5) is 13.2 Å². The monoisotopic (exact) mass is 467 g/mol. The second-order valence-electron chi connectivity index (χ2n) is 8.21. The second kappa shape index (κ2) is 9.30. The number of ether oxygens (including phenoxy) is 1. The number of amides is 1. The summed E-state index contributed by atoms with van der Waals surface area (Å²) in [7, 11) is 0. The van der Waals surface area contributed by atoms with Crippen molar-refractivity contribution in [1.82, 2.24) is 5.32 Å². The molecule has 1 aliphatic rings. The van der Waals surface area contributed by atoms with E-state index in [2.05, 4.69) is 15.0 Å². The van der Waals surface area contributed by atoms with Crippen LogP contribution < -0.4 is 15.8 Å². The number of nitrogens with zero attached hydrogens (tertiary/aromatic N) is 1. The van der Waals surface area contributed by atoms with Crippen LogP contribution in [0.15, 0.2) is 65.7 Å². The van der Waals surface area contributed by atoms with Crippen molar-refractivity contribution in [3.8, 4) is 16.9 Å². The molecule has 1 unspecified atom stereocenters. The summed E-state index contributed by atoms with van der Waals surface area (Å²) < 4.78 is 43.3. The van der Waals surface area contributed by atoms with E-state index in [1.807, 2.05) is 56.3 Å². The molecule has 0 aliphatic carbocycles. The van der Waals surface area contributed by atoms with Gasteiger partial charge in [0.2, 0.25) is 0 Å². The van der Waals surface area contributed by atoms with Gasteiger partial charge in [-0.25, -0.2) is 0 Å². The number of aryl methyl sites for hydroxylation is 1. The maximum Gasteiger partial charge on any atom is 0.573 e. The Morgan fingerprint density at radius 3 is 2.53 bits per heavy atom. The van der Waals surface area contributed by atoms with E-state index in [0.29, 0.717) is 12.1 Å². The lowest BCUT2D eigenvalue weighted by atomic mass is 9.96. The van der Waals surface area contributed by atoms with E-state index in [-0.39, 0.29) is 12.1 Å². The minimum Gasteiger partial charge on any atom is -0.405 e. The Balaban J connectivity index is 1.71. The van der Waals surface area contributed by atoms with Gasteiger partial charge in [0.25, 0.3) is 5.91 Å². The number of alkyl halides is 3. The van der Waals surface area contributed by atoms with Crippen molar-refractivity contribution in [2.45, 2.75) is 32.8 Å². The van der Waals surface area contributed by atoms with Gasteiger partial charge in [-0.1, -0.05) is 48.0 Å². The zero-order valence-corrected chi connectivity index (χ0v) is 18.7. The fraction of sp³-hybridized carbons (Fsp3) is 0.231. The number of hydrogen-bond donors (Lipinski definition) is 2. The molecule has 0 bridgehead atoms. The number of nitrogens with two attached hydrogens (primary N) is 1. The van der Waals surface area contributed by atoms with E-state index in [9.17, 15) is 18.0 Å². The lowest BCUT2D eigenvalue weighted by Crippen LogP contribution is -2.34. The summed E-state index contributed by atoms with van der Waals surface area (Å²) in [4.78, 5) is 17.6. The number of halogens is 3. The van der Waals surface area contributed by atoms with E-state index < -0.39 is 24.1 Å². The van der Waals surface area contributed by atoms with Gasteiger partial charge >= 0.3 is 6.36 Å². The van der Waals surface area contributed by atoms with Crippen molar-refractivity contribution in [3.63, 3.8) is 0 Å². The molecule has 176 valence electrons. The molecule has 3 N–H and O–H groups in total. The van der Waals surface area contributed by atoms with Crippen molar-refractivity contribution in [1.29, 1.82) is 0 Å². The number of benzene rings is 3. The highest BCUT2D eigenvalue weighted by molar-refractivity contribution is 6.03. The summed E-state index contributed by atoms with van der Waals surface area (Å²) in [5, 5.41) is 2.75. The number of rotatable bonds is 6. The highest BCUT2D eigenvalue weighted by atomic mass is 19.4. The zero-order chi connectivity index (χ0) is 24.5. The standard InChI is InChI=1S/C26H24F3N3O2/c1-15-4-3-5-19(10-15)23(13-30)32-25(33)22-12-18(8-9-24(22)34-26(27,28)29)17-6-7-20-14-31-16(2)21(20)11-17/h3-12,23H,13-14,30H2,1-2H3,(H,32,33). The van der Waals surface area contributed by atoms with Crippen molar-refractivity contribution in [2.75, 3.05) is 6.54 Å². The molecule has 4 rings (SSSR count). The van der Waals surface area contributed by atoms with E-state index in [1.54, 1.807) is 0 Å². The topological polar surface area (TPSA) is 76.7 Å². The lowest BCUT2D eigenvalue weighted by molar-refractivity contribution is -0.274. The molecule has 3 aromatic carbocycles. The van der Waals surface area contributed by atoms with Crippen LogP contribution in [0, 0.1) is 6.92 Å². The molecule has 0 saturated heterocycles. The molecule has 0 aromatic heterocycles. The first kappa shape index (κ1) is 23.5. The summed E-state index contributed by atoms with van der Waals surface area (Å²) in [5.41, 5.74) is 11.7. The summed E-state index contributed by atoms with van der Waals surface area (Å²) >= 11 is 0. The number of nitrogens with one attached hydrogen (secondary N) is 1. The van der Waals surface area contributed by atoms with E-state index in [4.69, 9.17) is 5.73 Å². The molecule has 3 aromatic rings. The molecular weight excluding hydrogens is 443 g/mol. The van der Waals surface area contributed by atoms with Crippen LogP contribution in [-0.4, -0.2) is 24.5 Å². The van der Waals surface area contributed by atoms with Crippen molar-refractivity contribution in [3.05, 3.63) is 88.5 Å².